The smallest absolute Gasteiger partial charge is 0.234 e. The first kappa shape index (κ1) is 16.0. The summed E-state index contributed by atoms with van der Waals surface area (Å²) in [5, 5.41) is 2.94. The van der Waals surface area contributed by atoms with Gasteiger partial charge in [0.15, 0.2) is 9.84 Å². The summed E-state index contributed by atoms with van der Waals surface area (Å²) in [5.41, 5.74) is 1.05. The van der Waals surface area contributed by atoms with Crippen molar-refractivity contribution in [2.45, 2.75) is 25.4 Å². The molecule has 0 unspecified atom stereocenters. The van der Waals surface area contributed by atoms with E-state index in [1.54, 1.807) is 7.05 Å². The van der Waals surface area contributed by atoms with Crippen LogP contribution in [0.15, 0.2) is 30.3 Å². The molecule has 116 valence electrons. The molecule has 0 aromatic heterocycles. The zero-order valence-electron chi connectivity index (χ0n) is 12.5. The Morgan fingerprint density at radius 3 is 2.62 bits per heavy atom. The van der Waals surface area contributed by atoms with Gasteiger partial charge in [0.1, 0.15) is 0 Å². The van der Waals surface area contributed by atoms with Crippen molar-refractivity contribution in [2.24, 2.45) is 0 Å². The van der Waals surface area contributed by atoms with Crippen molar-refractivity contribution in [1.82, 2.24) is 10.2 Å². The summed E-state index contributed by atoms with van der Waals surface area (Å²) < 4.78 is 22.9. The average molecular weight is 310 g/mol. The molecule has 0 radical (unpaired) electrons. The van der Waals surface area contributed by atoms with E-state index in [0.29, 0.717) is 6.42 Å². The maximum Gasteiger partial charge on any atom is 0.234 e. The number of likely N-dealkylation sites (N-methyl/N-ethyl adjacent to an activating group) is 1. The van der Waals surface area contributed by atoms with Crippen LogP contribution < -0.4 is 5.32 Å². The number of rotatable bonds is 5. The van der Waals surface area contributed by atoms with Gasteiger partial charge in [-0.15, -0.1) is 0 Å². The van der Waals surface area contributed by atoms with E-state index in [0.717, 1.165) is 5.56 Å². The molecule has 2 rings (SSSR count). The highest BCUT2D eigenvalue weighted by Crippen LogP contribution is 2.16. The van der Waals surface area contributed by atoms with Crippen LogP contribution in [0.5, 0.6) is 0 Å². The molecule has 1 amide bonds. The Balaban J connectivity index is 1.84. The van der Waals surface area contributed by atoms with Gasteiger partial charge in [-0.1, -0.05) is 30.3 Å². The van der Waals surface area contributed by atoms with Crippen LogP contribution in [-0.4, -0.2) is 50.4 Å². The normalized spacial score (nSPS) is 22.1. The standard InChI is InChI=1S/C15H22N2O3S/c1-12(13-6-4-3-5-7-13)16-15(18)10-17(2)14-8-9-21(19,20)11-14/h3-7,12,14H,8-11H2,1-2H3,(H,16,18)/t12-,14+/m1/s1. The van der Waals surface area contributed by atoms with Crippen molar-refractivity contribution in [2.75, 3.05) is 25.1 Å². The maximum atomic E-state index is 12.1. The van der Waals surface area contributed by atoms with E-state index in [9.17, 15) is 13.2 Å². The number of hydrogen-bond acceptors (Lipinski definition) is 4. The molecule has 1 aliphatic heterocycles. The van der Waals surface area contributed by atoms with Gasteiger partial charge in [0.05, 0.1) is 24.1 Å². The lowest BCUT2D eigenvalue weighted by atomic mass is 10.1. The molecule has 1 heterocycles. The highest BCUT2D eigenvalue weighted by molar-refractivity contribution is 7.91. The number of carbonyl (C=O) groups excluding carboxylic acids is 1. The zero-order chi connectivity index (χ0) is 15.5. The van der Waals surface area contributed by atoms with Crippen LogP contribution in [0.4, 0.5) is 0 Å². The van der Waals surface area contributed by atoms with Crippen molar-refractivity contribution in [3.05, 3.63) is 35.9 Å². The summed E-state index contributed by atoms with van der Waals surface area (Å²) in [6.07, 6.45) is 0.611. The second kappa shape index (κ2) is 6.58. The van der Waals surface area contributed by atoms with E-state index in [2.05, 4.69) is 5.32 Å². The lowest BCUT2D eigenvalue weighted by Crippen LogP contribution is -2.41. The molecule has 0 spiro atoms. The Hall–Kier alpha value is -1.40. The summed E-state index contributed by atoms with van der Waals surface area (Å²) in [6.45, 7) is 2.16. The topological polar surface area (TPSA) is 66.5 Å². The highest BCUT2D eigenvalue weighted by Gasteiger charge is 2.31. The third kappa shape index (κ3) is 4.54. The number of sulfone groups is 1. The number of hydrogen-bond donors (Lipinski definition) is 1. The summed E-state index contributed by atoms with van der Waals surface area (Å²) in [6, 6.07) is 9.65. The van der Waals surface area contributed by atoms with Gasteiger partial charge in [-0.05, 0) is 26.0 Å². The molecule has 6 heteroatoms. The second-order valence-corrected chi connectivity index (χ2v) is 7.90. The molecule has 0 aliphatic carbocycles. The molecule has 1 N–H and O–H groups in total. The molecular weight excluding hydrogens is 288 g/mol. The first-order valence-electron chi connectivity index (χ1n) is 7.12. The van der Waals surface area contributed by atoms with Crippen molar-refractivity contribution in [1.29, 1.82) is 0 Å². The van der Waals surface area contributed by atoms with E-state index >= 15 is 0 Å². The average Bonchev–Trinajstić information content (AvgIpc) is 2.80. The van der Waals surface area contributed by atoms with Crippen molar-refractivity contribution < 1.29 is 13.2 Å². The van der Waals surface area contributed by atoms with E-state index in [1.165, 1.54) is 0 Å². The van der Waals surface area contributed by atoms with Gasteiger partial charge in [0.2, 0.25) is 5.91 Å². The van der Waals surface area contributed by atoms with Gasteiger partial charge < -0.3 is 5.32 Å². The molecule has 1 aromatic rings. The first-order valence-corrected chi connectivity index (χ1v) is 8.94. The van der Waals surface area contributed by atoms with Crippen molar-refractivity contribution >= 4 is 15.7 Å². The molecule has 1 aromatic carbocycles. The van der Waals surface area contributed by atoms with Gasteiger partial charge in [0.25, 0.3) is 0 Å². The molecule has 1 fully saturated rings. The van der Waals surface area contributed by atoms with E-state index in [1.807, 2.05) is 42.2 Å². The second-order valence-electron chi connectivity index (χ2n) is 5.67. The van der Waals surface area contributed by atoms with Gasteiger partial charge in [0, 0.05) is 6.04 Å². The predicted octanol–water partition coefficient (Wildman–Crippen LogP) is 0.983. The lowest BCUT2D eigenvalue weighted by Gasteiger charge is -2.23. The Morgan fingerprint density at radius 2 is 2.05 bits per heavy atom. The van der Waals surface area contributed by atoms with Crippen LogP contribution in [0, 0.1) is 0 Å². The summed E-state index contributed by atoms with van der Waals surface area (Å²) >= 11 is 0. The fourth-order valence-electron chi connectivity index (χ4n) is 2.59. The van der Waals surface area contributed by atoms with E-state index < -0.39 is 9.84 Å². The largest absolute Gasteiger partial charge is 0.348 e. The Bertz CT molecular complexity index is 586. The van der Waals surface area contributed by atoms with E-state index in [4.69, 9.17) is 0 Å². The summed E-state index contributed by atoms with van der Waals surface area (Å²) in [5.74, 6) is 0.299. The van der Waals surface area contributed by atoms with Crippen LogP contribution in [0.2, 0.25) is 0 Å². The van der Waals surface area contributed by atoms with Crippen molar-refractivity contribution in [3.63, 3.8) is 0 Å². The first-order chi connectivity index (χ1) is 9.87. The molecule has 2 atom stereocenters. The quantitative estimate of drug-likeness (QED) is 0.880. The molecule has 1 aliphatic rings. The molecule has 5 nitrogen and oxygen atoms in total. The minimum Gasteiger partial charge on any atom is -0.348 e. The van der Waals surface area contributed by atoms with E-state index in [-0.39, 0.29) is 36.0 Å². The van der Waals surface area contributed by atoms with Gasteiger partial charge in [-0.3, -0.25) is 9.69 Å². The molecule has 0 saturated carbocycles. The number of nitrogens with one attached hydrogen (secondary N) is 1. The summed E-state index contributed by atoms with van der Waals surface area (Å²) in [4.78, 5) is 13.9. The van der Waals surface area contributed by atoms with Gasteiger partial charge >= 0.3 is 0 Å². The lowest BCUT2D eigenvalue weighted by molar-refractivity contribution is -0.123. The number of benzene rings is 1. The minimum absolute atomic E-state index is 0.0484. The Kier molecular flexibility index (Phi) is 5.00. The predicted molar refractivity (Wildman–Crippen MR) is 82.7 cm³/mol. The highest BCUT2D eigenvalue weighted by atomic mass is 32.2. The fourth-order valence-corrected chi connectivity index (χ4v) is 4.40. The summed E-state index contributed by atoms with van der Waals surface area (Å²) in [7, 11) is -1.11. The monoisotopic (exact) mass is 310 g/mol. The van der Waals surface area contributed by atoms with Crippen LogP contribution >= 0.6 is 0 Å². The van der Waals surface area contributed by atoms with Crippen LogP contribution in [0.3, 0.4) is 0 Å². The van der Waals surface area contributed by atoms with Crippen LogP contribution in [-0.2, 0) is 14.6 Å². The van der Waals surface area contributed by atoms with Crippen molar-refractivity contribution in [3.8, 4) is 0 Å². The number of amides is 1. The third-order valence-corrected chi connectivity index (χ3v) is 5.65. The maximum absolute atomic E-state index is 12.1. The van der Waals surface area contributed by atoms with Crippen LogP contribution in [0.25, 0.3) is 0 Å². The van der Waals surface area contributed by atoms with Crippen LogP contribution in [0.1, 0.15) is 24.9 Å². The Labute approximate surface area is 126 Å². The van der Waals surface area contributed by atoms with Gasteiger partial charge in [-0.2, -0.15) is 0 Å². The molecule has 1 saturated heterocycles. The SMILES string of the molecule is C[C@@H](NC(=O)CN(C)[C@H]1CCS(=O)(=O)C1)c1ccccc1. The fraction of sp³-hybridized carbons (Fsp3) is 0.533. The van der Waals surface area contributed by atoms with Gasteiger partial charge in [-0.25, -0.2) is 8.42 Å². The minimum atomic E-state index is -2.92. The molecule has 0 bridgehead atoms. The third-order valence-electron chi connectivity index (χ3n) is 3.90. The zero-order valence-corrected chi connectivity index (χ0v) is 13.3. The molecular formula is C15H22N2O3S. The number of nitrogens with zero attached hydrogens (tertiary/aromatic N) is 1. The number of carbonyl (C=O) groups is 1. The molecule has 21 heavy (non-hydrogen) atoms. The Morgan fingerprint density at radius 1 is 1.38 bits per heavy atom.